The molecule has 0 N–H and O–H groups in total. The molecule has 0 aliphatic heterocycles. The van der Waals surface area contributed by atoms with Crippen LogP contribution in [0.1, 0.15) is 52.0 Å². The van der Waals surface area contributed by atoms with Crippen molar-refractivity contribution in [2.45, 2.75) is 46.5 Å². The maximum Gasteiger partial charge on any atom is 0.341 e. The molecule has 24 heavy (non-hydrogen) atoms. The zero-order chi connectivity index (χ0) is 17.8. The molecule has 0 saturated heterocycles. The Morgan fingerprint density at radius 2 is 1.88 bits per heavy atom. The number of carbonyl (C=O) groups is 2. The molecule has 0 bridgehead atoms. The molecule has 130 valence electrons. The Kier molecular flexibility index (Phi) is 9.44. The van der Waals surface area contributed by atoms with E-state index in [4.69, 9.17) is 4.74 Å². The van der Waals surface area contributed by atoms with Gasteiger partial charge in [0.25, 0.3) is 0 Å². The van der Waals surface area contributed by atoms with Crippen molar-refractivity contribution in [3.8, 4) is 0 Å². The smallest absolute Gasteiger partial charge is 0.341 e. The van der Waals surface area contributed by atoms with Crippen LogP contribution in [-0.2, 0) is 14.3 Å². The summed E-state index contributed by atoms with van der Waals surface area (Å²) in [5, 5.41) is 0. The molecule has 0 heterocycles. The van der Waals surface area contributed by atoms with E-state index >= 15 is 0 Å². The maximum absolute atomic E-state index is 12.2. The molecular weight excluding hydrogens is 300 g/mol. The van der Waals surface area contributed by atoms with Gasteiger partial charge in [0.2, 0.25) is 0 Å². The Balaban J connectivity index is 2.66. The number of Topliss-reactive ketones (excluding diaryl/α,β-unsaturated/α-hetero) is 1. The van der Waals surface area contributed by atoms with Crippen LogP contribution in [0, 0.1) is 5.92 Å². The fraction of sp³-hybridized carbons (Fsp3) is 0.429. The van der Waals surface area contributed by atoms with Gasteiger partial charge in [-0.1, -0.05) is 75.6 Å². The number of carbonyl (C=O) groups excluding carboxylic acids is 2. The fourth-order valence-electron chi connectivity index (χ4n) is 2.32. The Morgan fingerprint density at radius 1 is 1.17 bits per heavy atom. The molecule has 0 saturated carbocycles. The summed E-state index contributed by atoms with van der Waals surface area (Å²) < 4.78 is 5.36. The summed E-state index contributed by atoms with van der Waals surface area (Å²) in [4.78, 5) is 23.9. The van der Waals surface area contributed by atoms with E-state index in [-0.39, 0.29) is 11.4 Å². The van der Waals surface area contributed by atoms with Crippen LogP contribution < -0.4 is 0 Å². The van der Waals surface area contributed by atoms with E-state index in [1.165, 1.54) is 13.0 Å². The molecule has 1 rings (SSSR count). The van der Waals surface area contributed by atoms with Gasteiger partial charge in [0.1, 0.15) is 5.57 Å². The third-order valence-corrected chi connectivity index (χ3v) is 3.94. The lowest BCUT2D eigenvalue weighted by Gasteiger charge is -2.14. The standard InChI is InChI=1S/C21H28O3/c1-4-6-11-18(5-2)16-24-21(23)20(17(3)22)15-10-14-19-12-8-7-9-13-19/h7-10,12-15,18H,4-6,11,16H2,1-3H3/b14-10+,20-15+. The summed E-state index contributed by atoms with van der Waals surface area (Å²) in [6.07, 6.45) is 9.38. The summed E-state index contributed by atoms with van der Waals surface area (Å²) >= 11 is 0. The van der Waals surface area contributed by atoms with Crippen LogP contribution in [0.15, 0.2) is 48.1 Å². The normalized spacial score (nSPS) is 13.0. The summed E-state index contributed by atoms with van der Waals surface area (Å²) in [5.74, 6) is -0.448. The minimum atomic E-state index is -0.532. The molecule has 0 aromatic heterocycles. The SMILES string of the molecule is CCCCC(CC)COC(=O)/C(=C/C=C/c1ccccc1)C(C)=O. The van der Waals surface area contributed by atoms with E-state index in [1.54, 1.807) is 6.08 Å². The number of unbranched alkanes of at least 4 members (excludes halogenated alkanes) is 1. The molecule has 1 aromatic rings. The third kappa shape index (κ3) is 7.40. The zero-order valence-electron chi connectivity index (χ0n) is 15.0. The summed E-state index contributed by atoms with van der Waals surface area (Å²) in [7, 11) is 0. The number of benzene rings is 1. The van der Waals surface area contributed by atoms with Crippen LogP contribution in [0.25, 0.3) is 6.08 Å². The second-order valence-corrected chi connectivity index (χ2v) is 5.92. The highest BCUT2D eigenvalue weighted by atomic mass is 16.5. The summed E-state index contributed by atoms with van der Waals surface area (Å²) in [5.41, 5.74) is 1.10. The molecular formula is C21H28O3. The molecule has 3 nitrogen and oxygen atoms in total. The molecule has 0 aliphatic carbocycles. The highest BCUT2D eigenvalue weighted by Gasteiger charge is 2.17. The topological polar surface area (TPSA) is 43.4 Å². The first-order chi connectivity index (χ1) is 11.6. The van der Waals surface area contributed by atoms with Crippen molar-refractivity contribution in [1.82, 2.24) is 0 Å². The summed E-state index contributed by atoms with van der Waals surface area (Å²) in [6.45, 7) is 6.01. The van der Waals surface area contributed by atoms with Gasteiger partial charge in [-0.3, -0.25) is 4.79 Å². The van der Waals surface area contributed by atoms with E-state index in [0.717, 1.165) is 31.2 Å². The number of hydrogen-bond donors (Lipinski definition) is 0. The lowest BCUT2D eigenvalue weighted by Crippen LogP contribution is -2.18. The number of hydrogen-bond acceptors (Lipinski definition) is 3. The van der Waals surface area contributed by atoms with Gasteiger partial charge in [-0.15, -0.1) is 0 Å². The van der Waals surface area contributed by atoms with E-state index < -0.39 is 5.97 Å². The number of esters is 1. The predicted molar refractivity (Wildman–Crippen MR) is 98.5 cm³/mol. The molecule has 1 atom stereocenters. The number of rotatable bonds is 10. The highest BCUT2D eigenvalue weighted by molar-refractivity contribution is 6.16. The monoisotopic (exact) mass is 328 g/mol. The quantitative estimate of drug-likeness (QED) is 0.200. The van der Waals surface area contributed by atoms with E-state index in [0.29, 0.717) is 12.5 Å². The maximum atomic E-state index is 12.2. The lowest BCUT2D eigenvalue weighted by molar-refractivity contribution is -0.141. The van der Waals surface area contributed by atoms with Crippen molar-refractivity contribution in [3.05, 3.63) is 53.6 Å². The second kappa shape index (κ2) is 11.4. The van der Waals surface area contributed by atoms with Crippen molar-refractivity contribution in [2.24, 2.45) is 5.92 Å². The Labute approximate surface area is 145 Å². The fourth-order valence-corrected chi connectivity index (χ4v) is 2.32. The molecule has 0 radical (unpaired) electrons. The van der Waals surface area contributed by atoms with Gasteiger partial charge >= 0.3 is 5.97 Å². The molecule has 1 unspecified atom stereocenters. The van der Waals surface area contributed by atoms with Crippen molar-refractivity contribution >= 4 is 17.8 Å². The van der Waals surface area contributed by atoms with E-state index in [2.05, 4.69) is 13.8 Å². The predicted octanol–water partition coefficient (Wildman–Crippen LogP) is 4.97. The Bertz CT molecular complexity index is 570. The van der Waals surface area contributed by atoms with Crippen LogP contribution in [0.5, 0.6) is 0 Å². The van der Waals surface area contributed by atoms with Crippen molar-refractivity contribution in [2.75, 3.05) is 6.61 Å². The van der Waals surface area contributed by atoms with Gasteiger partial charge in [-0.05, 0) is 30.9 Å². The van der Waals surface area contributed by atoms with Crippen molar-refractivity contribution in [3.63, 3.8) is 0 Å². The first-order valence-electron chi connectivity index (χ1n) is 8.69. The first kappa shape index (κ1) is 19.9. The van der Waals surface area contributed by atoms with Crippen LogP contribution in [-0.4, -0.2) is 18.4 Å². The zero-order valence-corrected chi connectivity index (χ0v) is 15.0. The molecule has 0 amide bonds. The van der Waals surface area contributed by atoms with Crippen molar-refractivity contribution in [1.29, 1.82) is 0 Å². The van der Waals surface area contributed by atoms with Gasteiger partial charge in [0.05, 0.1) is 6.61 Å². The van der Waals surface area contributed by atoms with Gasteiger partial charge < -0.3 is 4.74 Å². The minimum Gasteiger partial charge on any atom is -0.462 e. The Morgan fingerprint density at radius 3 is 2.46 bits per heavy atom. The van der Waals surface area contributed by atoms with Crippen LogP contribution >= 0.6 is 0 Å². The Hall–Kier alpha value is -2.16. The van der Waals surface area contributed by atoms with Gasteiger partial charge in [-0.2, -0.15) is 0 Å². The average Bonchev–Trinajstić information content (AvgIpc) is 2.59. The van der Waals surface area contributed by atoms with Crippen LogP contribution in [0.2, 0.25) is 0 Å². The van der Waals surface area contributed by atoms with E-state index in [1.807, 2.05) is 36.4 Å². The van der Waals surface area contributed by atoms with Gasteiger partial charge in [-0.25, -0.2) is 4.79 Å². The van der Waals surface area contributed by atoms with Crippen molar-refractivity contribution < 1.29 is 14.3 Å². The molecule has 3 heteroatoms. The molecule has 0 fully saturated rings. The minimum absolute atomic E-state index is 0.0903. The highest BCUT2D eigenvalue weighted by Crippen LogP contribution is 2.14. The molecule has 0 aliphatic rings. The first-order valence-corrected chi connectivity index (χ1v) is 8.69. The molecule has 0 spiro atoms. The van der Waals surface area contributed by atoms with Gasteiger partial charge in [0.15, 0.2) is 5.78 Å². The largest absolute Gasteiger partial charge is 0.462 e. The van der Waals surface area contributed by atoms with Crippen LogP contribution in [0.4, 0.5) is 0 Å². The van der Waals surface area contributed by atoms with Crippen LogP contribution in [0.3, 0.4) is 0 Å². The number of allylic oxidation sites excluding steroid dienone is 2. The summed E-state index contributed by atoms with van der Waals surface area (Å²) in [6, 6.07) is 9.72. The number of ether oxygens (including phenoxy) is 1. The lowest BCUT2D eigenvalue weighted by atomic mass is 10.0. The second-order valence-electron chi connectivity index (χ2n) is 5.92. The van der Waals surface area contributed by atoms with Gasteiger partial charge in [0, 0.05) is 0 Å². The molecule has 1 aromatic carbocycles. The number of ketones is 1. The average molecular weight is 328 g/mol. The third-order valence-electron chi connectivity index (χ3n) is 3.94. The van der Waals surface area contributed by atoms with E-state index in [9.17, 15) is 9.59 Å².